The van der Waals surface area contributed by atoms with E-state index in [1.54, 1.807) is 43.6 Å². The summed E-state index contributed by atoms with van der Waals surface area (Å²) in [6.45, 7) is 0. The van der Waals surface area contributed by atoms with Gasteiger partial charge in [0, 0.05) is 42.2 Å². The first-order chi connectivity index (χ1) is 17.7. The van der Waals surface area contributed by atoms with Gasteiger partial charge in [-0.15, -0.1) is 0 Å². The van der Waals surface area contributed by atoms with Gasteiger partial charge in [0.15, 0.2) is 0 Å². The van der Waals surface area contributed by atoms with E-state index in [-0.39, 0.29) is 23.4 Å². The predicted molar refractivity (Wildman–Crippen MR) is 141 cm³/mol. The third kappa shape index (κ3) is 6.13. The minimum absolute atomic E-state index is 0.0438. The second-order valence-corrected chi connectivity index (χ2v) is 9.16. The number of nitrogens with zero attached hydrogens (tertiary/aromatic N) is 2. The van der Waals surface area contributed by atoms with Crippen molar-refractivity contribution in [2.24, 2.45) is 12.2 Å². The number of carboxylic acids is 1. The number of hydrogen-bond donors (Lipinski definition) is 2. The number of oxime groups is 1. The van der Waals surface area contributed by atoms with Crippen molar-refractivity contribution < 1.29 is 19.5 Å². The molecule has 0 bridgehead atoms. The van der Waals surface area contributed by atoms with Crippen LogP contribution >= 0.6 is 11.6 Å². The molecule has 3 aromatic carbocycles. The van der Waals surface area contributed by atoms with Crippen molar-refractivity contribution in [1.29, 1.82) is 0 Å². The van der Waals surface area contributed by atoms with Crippen molar-refractivity contribution in [1.82, 2.24) is 4.57 Å². The van der Waals surface area contributed by atoms with Crippen LogP contribution in [0.1, 0.15) is 34.6 Å². The lowest BCUT2D eigenvalue weighted by molar-refractivity contribution is -0.136. The van der Waals surface area contributed by atoms with Gasteiger partial charge in [-0.25, -0.2) is 4.39 Å². The van der Waals surface area contributed by atoms with E-state index >= 15 is 4.39 Å². The first-order valence-corrected chi connectivity index (χ1v) is 11.9. The summed E-state index contributed by atoms with van der Waals surface area (Å²) in [5, 5.41) is 22.5. The summed E-state index contributed by atoms with van der Waals surface area (Å²) < 4.78 is 16.4. The molecule has 4 rings (SSSR count). The molecule has 2 N–H and O–H groups in total. The summed E-state index contributed by atoms with van der Waals surface area (Å²) >= 11 is 5.99. The normalized spacial score (nSPS) is 12.4. The highest BCUT2D eigenvalue weighted by atomic mass is 35.5. The lowest BCUT2D eigenvalue weighted by Gasteiger charge is -2.20. The lowest BCUT2D eigenvalue weighted by atomic mass is 9.84. The molecule has 0 fully saturated rings. The van der Waals surface area contributed by atoms with Gasteiger partial charge in [0.25, 0.3) is 0 Å². The van der Waals surface area contributed by atoms with Crippen LogP contribution in [0.15, 0.2) is 95.0 Å². The molecule has 0 aliphatic heterocycles. The third-order valence-corrected chi connectivity index (χ3v) is 6.47. The average molecular weight is 519 g/mol. The first-order valence-electron chi connectivity index (χ1n) is 11.5. The molecule has 1 aromatic heterocycles. The highest BCUT2D eigenvalue weighted by Gasteiger charge is 2.22. The van der Waals surface area contributed by atoms with Crippen LogP contribution in [0.5, 0.6) is 0 Å². The molecule has 0 aliphatic carbocycles. The summed E-state index contributed by atoms with van der Waals surface area (Å²) in [6, 6.07) is 22.3. The van der Waals surface area contributed by atoms with Crippen molar-refractivity contribution in [3.63, 3.8) is 0 Å². The SMILES string of the molecule is Cn1cc(C(CC(c2ccc(-c3ccc(CC(=O)O)cc3)cc2)c2ccc(Cl)cc2F)=NO)ccc1=O. The fourth-order valence-corrected chi connectivity index (χ4v) is 4.42. The molecule has 0 aliphatic rings. The Kier molecular flexibility index (Phi) is 7.84. The standard InChI is InChI=1S/C29H24ClFN2O4/c1-33-17-22(10-13-28(33)34)27(32-37)16-25(24-12-11-23(30)15-26(24)31)21-8-6-20(7-9-21)19-4-2-18(3-5-19)14-29(35)36/h2-13,15,17,25,37H,14,16H2,1H3,(H,35,36). The summed E-state index contributed by atoms with van der Waals surface area (Å²) in [7, 11) is 1.60. The maximum Gasteiger partial charge on any atom is 0.307 e. The fourth-order valence-electron chi connectivity index (χ4n) is 4.26. The fraction of sp³-hybridized carbons (Fsp3) is 0.138. The summed E-state index contributed by atoms with van der Waals surface area (Å²) in [6.07, 6.45) is 1.69. The van der Waals surface area contributed by atoms with E-state index in [4.69, 9.17) is 16.7 Å². The molecule has 1 unspecified atom stereocenters. The Labute approximate surface area is 217 Å². The molecule has 0 saturated heterocycles. The summed E-state index contributed by atoms with van der Waals surface area (Å²) in [5.41, 5.74) is 4.36. The topological polar surface area (TPSA) is 91.9 Å². The molecule has 37 heavy (non-hydrogen) atoms. The van der Waals surface area contributed by atoms with E-state index in [1.165, 1.54) is 16.7 Å². The van der Waals surface area contributed by atoms with Crippen molar-refractivity contribution in [2.75, 3.05) is 0 Å². The zero-order valence-electron chi connectivity index (χ0n) is 19.9. The Balaban J connectivity index is 1.69. The molecule has 188 valence electrons. The lowest BCUT2D eigenvalue weighted by Crippen LogP contribution is -2.18. The number of aromatic nitrogens is 1. The molecule has 1 heterocycles. The number of halogens is 2. The average Bonchev–Trinajstić information content (AvgIpc) is 2.87. The Morgan fingerprint density at radius 1 is 1.00 bits per heavy atom. The monoisotopic (exact) mass is 518 g/mol. The molecule has 6 nitrogen and oxygen atoms in total. The van der Waals surface area contributed by atoms with Gasteiger partial charge in [-0.1, -0.05) is 71.4 Å². The largest absolute Gasteiger partial charge is 0.481 e. The van der Waals surface area contributed by atoms with Crippen LogP contribution in [0, 0.1) is 5.82 Å². The Morgan fingerprint density at radius 3 is 2.22 bits per heavy atom. The molecule has 1 atom stereocenters. The minimum Gasteiger partial charge on any atom is -0.481 e. The van der Waals surface area contributed by atoms with E-state index < -0.39 is 17.7 Å². The highest BCUT2D eigenvalue weighted by Crippen LogP contribution is 2.34. The minimum atomic E-state index is -0.888. The Hall–Kier alpha value is -4.23. The van der Waals surface area contributed by atoms with Crippen LogP contribution in [0.2, 0.25) is 5.02 Å². The number of rotatable bonds is 8. The van der Waals surface area contributed by atoms with Crippen molar-refractivity contribution in [3.05, 3.63) is 129 Å². The molecule has 0 spiro atoms. The number of hydrogen-bond acceptors (Lipinski definition) is 4. The Morgan fingerprint density at radius 2 is 1.65 bits per heavy atom. The smallest absolute Gasteiger partial charge is 0.307 e. The van der Waals surface area contributed by atoms with Gasteiger partial charge in [0.2, 0.25) is 5.56 Å². The summed E-state index contributed by atoms with van der Waals surface area (Å²) in [4.78, 5) is 22.7. The van der Waals surface area contributed by atoms with Crippen LogP contribution in [0.25, 0.3) is 11.1 Å². The number of carbonyl (C=O) groups is 1. The highest BCUT2D eigenvalue weighted by molar-refractivity contribution is 6.30. The Bertz CT molecular complexity index is 1510. The van der Waals surface area contributed by atoms with Gasteiger partial charge >= 0.3 is 5.97 Å². The number of pyridine rings is 1. The van der Waals surface area contributed by atoms with Gasteiger partial charge in [0.1, 0.15) is 5.82 Å². The molecule has 0 amide bonds. The number of aliphatic carboxylic acids is 1. The second-order valence-electron chi connectivity index (χ2n) is 8.73. The number of benzene rings is 3. The van der Waals surface area contributed by atoms with Gasteiger partial charge in [-0.3, -0.25) is 9.59 Å². The van der Waals surface area contributed by atoms with E-state index in [0.29, 0.717) is 22.4 Å². The summed E-state index contributed by atoms with van der Waals surface area (Å²) in [5.74, 6) is -1.87. The zero-order chi connectivity index (χ0) is 26.5. The van der Waals surface area contributed by atoms with E-state index in [0.717, 1.165) is 16.7 Å². The maximum absolute atomic E-state index is 15.1. The van der Waals surface area contributed by atoms with E-state index in [2.05, 4.69) is 5.16 Å². The maximum atomic E-state index is 15.1. The molecule has 4 aromatic rings. The van der Waals surface area contributed by atoms with Crippen LogP contribution in [0.4, 0.5) is 4.39 Å². The number of carboxylic acid groups (broad SMARTS) is 1. The van der Waals surface area contributed by atoms with E-state index in [9.17, 15) is 14.8 Å². The van der Waals surface area contributed by atoms with Gasteiger partial charge in [0.05, 0.1) is 12.1 Å². The van der Waals surface area contributed by atoms with Crippen molar-refractivity contribution in [2.45, 2.75) is 18.8 Å². The van der Waals surface area contributed by atoms with E-state index in [1.807, 2.05) is 36.4 Å². The van der Waals surface area contributed by atoms with Gasteiger partial charge in [-0.05, 0) is 46.0 Å². The second kappa shape index (κ2) is 11.2. The molecule has 0 saturated carbocycles. The van der Waals surface area contributed by atoms with Crippen molar-refractivity contribution >= 4 is 23.3 Å². The molecular formula is C29H24ClFN2O4. The van der Waals surface area contributed by atoms with Crippen LogP contribution < -0.4 is 5.56 Å². The molecule has 8 heteroatoms. The third-order valence-electron chi connectivity index (χ3n) is 6.23. The van der Waals surface area contributed by atoms with Gasteiger partial charge in [-0.2, -0.15) is 0 Å². The predicted octanol–water partition coefficient (Wildman–Crippen LogP) is 5.87. The quantitative estimate of drug-likeness (QED) is 0.173. The van der Waals surface area contributed by atoms with Crippen LogP contribution in [0.3, 0.4) is 0 Å². The first kappa shape index (κ1) is 25.9. The number of aryl methyl sites for hydroxylation is 1. The van der Waals surface area contributed by atoms with Crippen LogP contribution in [-0.2, 0) is 18.3 Å². The zero-order valence-corrected chi connectivity index (χ0v) is 20.7. The van der Waals surface area contributed by atoms with Crippen LogP contribution in [-0.4, -0.2) is 26.6 Å². The van der Waals surface area contributed by atoms with Crippen molar-refractivity contribution in [3.8, 4) is 11.1 Å². The molecule has 0 radical (unpaired) electrons. The molecular weight excluding hydrogens is 495 g/mol. The van der Waals surface area contributed by atoms with Gasteiger partial charge < -0.3 is 14.9 Å².